The molecule has 0 aliphatic carbocycles. The third kappa shape index (κ3) is 2.75. The third-order valence-electron chi connectivity index (χ3n) is 1.04. The van der Waals surface area contributed by atoms with Gasteiger partial charge in [0.1, 0.15) is 12.9 Å². The molecule has 0 bridgehead atoms. The summed E-state index contributed by atoms with van der Waals surface area (Å²) < 4.78 is 21.9. The monoisotopic (exact) mass is 173 g/mol. The van der Waals surface area contributed by atoms with Crippen molar-refractivity contribution >= 4 is 0 Å². The van der Waals surface area contributed by atoms with Crippen molar-refractivity contribution in [2.45, 2.75) is 0 Å². The molecule has 0 aliphatic rings. The molecule has 0 aromatic carbocycles. The van der Waals surface area contributed by atoms with E-state index in [2.05, 4.69) is 15.0 Å². The number of hydrogen-bond acceptors (Lipinski definition) is 5. The predicted octanol–water partition coefficient (Wildman–Crippen LogP) is 0.0359. The summed E-state index contributed by atoms with van der Waals surface area (Å²) in [7, 11) is 1.54. The first-order chi connectivity index (χ1) is 5.83. The van der Waals surface area contributed by atoms with Crippen molar-refractivity contribution in [3.05, 3.63) is 12.4 Å². The summed E-state index contributed by atoms with van der Waals surface area (Å²) in [5.41, 5.74) is 0. The number of rotatable bonds is 4. The normalized spacial score (nSPS) is 9.83. The van der Waals surface area contributed by atoms with Gasteiger partial charge in [-0.25, -0.2) is 0 Å². The Labute approximate surface area is 68.6 Å². The molecule has 1 aromatic rings. The van der Waals surface area contributed by atoms with Crippen molar-refractivity contribution in [3.63, 3.8) is 0 Å². The number of ether oxygens (including phenoxy) is 2. The molecule has 1 aromatic heterocycles. The van der Waals surface area contributed by atoms with Gasteiger partial charge in [-0.05, 0) is 0 Å². The highest BCUT2D eigenvalue weighted by molar-refractivity contribution is 4.87. The molecule has 0 saturated carbocycles. The van der Waals surface area contributed by atoms with Crippen LogP contribution in [0.1, 0.15) is 0 Å². The molecular weight excluding hydrogens is 165 g/mol. The fourth-order valence-corrected chi connectivity index (χ4v) is 0.548. The van der Waals surface area contributed by atoms with Crippen LogP contribution in [0.4, 0.5) is 4.39 Å². The molecule has 1 rings (SSSR count). The van der Waals surface area contributed by atoms with Crippen LogP contribution < -0.4 is 4.74 Å². The van der Waals surface area contributed by atoms with Crippen molar-refractivity contribution in [2.24, 2.45) is 0 Å². The zero-order chi connectivity index (χ0) is 8.81. The molecule has 1 heterocycles. The van der Waals surface area contributed by atoms with E-state index < -0.39 is 6.08 Å². The summed E-state index contributed by atoms with van der Waals surface area (Å²) in [6.07, 6.45) is 0.196. The van der Waals surface area contributed by atoms with Crippen LogP contribution in [-0.2, 0) is 4.74 Å². The Hall–Kier alpha value is -1.30. The predicted molar refractivity (Wildman–Crippen MR) is 37.2 cm³/mol. The first-order valence-corrected chi connectivity index (χ1v) is 3.29. The summed E-state index contributed by atoms with van der Waals surface area (Å²) in [6.45, 7) is 0.702. The van der Waals surface area contributed by atoms with Gasteiger partial charge in [-0.1, -0.05) is 0 Å². The van der Waals surface area contributed by atoms with Gasteiger partial charge in [-0.3, -0.25) is 0 Å². The summed E-state index contributed by atoms with van der Waals surface area (Å²) in [5.74, 6) is 0. The van der Waals surface area contributed by atoms with E-state index in [0.29, 0.717) is 13.2 Å². The zero-order valence-corrected chi connectivity index (χ0v) is 6.53. The van der Waals surface area contributed by atoms with E-state index in [0.717, 1.165) is 6.33 Å². The Morgan fingerprint density at radius 1 is 1.42 bits per heavy atom. The highest BCUT2D eigenvalue weighted by Crippen LogP contribution is 1.97. The zero-order valence-electron chi connectivity index (χ0n) is 6.53. The highest BCUT2D eigenvalue weighted by atomic mass is 19.1. The first-order valence-electron chi connectivity index (χ1n) is 3.29. The summed E-state index contributed by atoms with van der Waals surface area (Å²) in [5, 5.41) is 0. The molecule has 0 spiro atoms. The average Bonchev–Trinajstić information content (AvgIpc) is 2.05. The molecule has 5 nitrogen and oxygen atoms in total. The smallest absolute Gasteiger partial charge is 0.321 e. The largest absolute Gasteiger partial charge is 0.461 e. The van der Waals surface area contributed by atoms with E-state index in [1.807, 2.05) is 0 Å². The van der Waals surface area contributed by atoms with E-state index >= 15 is 0 Å². The standard InChI is InChI=1S/C6H8FN3O2/c1-11-2-3-12-6-9-4-8-5(7)10-6/h4H,2-3H2,1H3. The molecule has 0 atom stereocenters. The van der Waals surface area contributed by atoms with Gasteiger partial charge in [0, 0.05) is 7.11 Å². The van der Waals surface area contributed by atoms with Crippen molar-refractivity contribution in [1.29, 1.82) is 0 Å². The van der Waals surface area contributed by atoms with Crippen LogP contribution in [0.3, 0.4) is 0 Å². The van der Waals surface area contributed by atoms with Crippen molar-refractivity contribution < 1.29 is 13.9 Å². The van der Waals surface area contributed by atoms with Crippen LogP contribution in [0.2, 0.25) is 0 Å². The molecular formula is C6H8FN3O2. The molecule has 0 radical (unpaired) electrons. The Bertz CT molecular complexity index is 246. The van der Waals surface area contributed by atoms with Crippen LogP contribution in [0.15, 0.2) is 6.33 Å². The fourth-order valence-electron chi connectivity index (χ4n) is 0.548. The lowest BCUT2D eigenvalue weighted by Crippen LogP contribution is -2.07. The lowest BCUT2D eigenvalue weighted by molar-refractivity contribution is 0.139. The summed E-state index contributed by atoms with van der Waals surface area (Å²) in [4.78, 5) is 10.0. The van der Waals surface area contributed by atoms with E-state index in [-0.39, 0.29) is 6.01 Å². The summed E-state index contributed by atoms with van der Waals surface area (Å²) >= 11 is 0. The Balaban J connectivity index is 2.41. The lowest BCUT2D eigenvalue weighted by atomic mass is 10.8. The van der Waals surface area contributed by atoms with Gasteiger partial charge in [0.25, 0.3) is 0 Å². The van der Waals surface area contributed by atoms with Crippen LogP contribution >= 0.6 is 0 Å². The minimum Gasteiger partial charge on any atom is -0.461 e. The fraction of sp³-hybridized carbons (Fsp3) is 0.500. The van der Waals surface area contributed by atoms with E-state index in [4.69, 9.17) is 9.47 Å². The topological polar surface area (TPSA) is 57.1 Å². The molecule has 66 valence electrons. The maximum absolute atomic E-state index is 12.3. The van der Waals surface area contributed by atoms with Crippen LogP contribution in [0, 0.1) is 6.08 Å². The Kier molecular flexibility index (Phi) is 3.34. The first kappa shape index (κ1) is 8.79. The van der Waals surface area contributed by atoms with Gasteiger partial charge in [0.2, 0.25) is 0 Å². The second-order valence-electron chi connectivity index (χ2n) is 1.88. The van der Waals surface area contributed by atoms with Crippen molar-refractivity contribution in [2.75, 3.05) is 20.3 Å². The maximum atomic E-state index is 12.3. The second-order valence-corrected chi connectivity index (χ2v) is 1.88. The van der Waals surface area contributed by atoms with Gasteiger partial charge in [-0.2, -0.15) is 14.4 Å². The van der Waals surface area contributed by atoms with Gasteiger partial charge in [0.15, 0.2) is 0 Å². The number of methoxy groups -OCH3 is 1. The SMILES string of the molecule is COCCOc1ncnc(F)n1. The average molecular weight is 173 g/mol. The summed E-state index contributed by atoms with van der Waals surface area (Å²) in [6, 6.07) is -0.0282. The van der Waals surface area contributed by atoms with Gasteiger partial charge in [-0.15, -0.1) is 4.98 Å². The van der Waals surface area contributed by atoms with Crippen LogP contribution in [-0.4, -0.2) is 35.3 Å². The van der Waals surface area contributed by atoms with Gasteiger partial charge >= 0.3 is 12.1 Å². The highest BCUT2D eigenvalue weighted by Gasteiger charge is 1.98. The Morgan fingerprint density at radius 3 is 2.92 bits per heavy atom. The van der Waals surface area contributed by atoms with Gasteiger partial charge in [0.05, 0.1) is 6.61 Å². The lowest BCUT2D eigenvalue weighted by Gasteiger charge is -2.01. The maximum Gasteiger partial charge on any atom is 0.321 e. The number of hydrogen-bond donors (Lipinski definition) is 0. The quantitative estimate of drug-likeness (QED) is 0.601. The minimum atomic E-state index is -0.850. The second kappa shape index (κ2) is 4.55. The van der Waals surface area contributed by atoms with Crippen molar-refractivity contribution in [1.82, 2.24) is 15.0 Å². The molecule has 0 aliphatic heterocycles. The molecule has 12 heavy (non-hydrogen) atoms. The van der Waals surface area contributed by atoms with E-state index in [9.17, 15) is 4.39 Å². The minimum absolute atomic E-state index is 0.0282. The molecule has 0 saturated heterocycles. The van der Waals surface area contributed by atoms with Crippen molar-refractivity contribution in [3.8, 4) is 6.01 Å². The van der Waals surface area contributed by atoms with Crippen LogP contribution in [0.25, 0.3) is 0 Å². The Morgan fingerprint density at radius 2 is 2.25 bits per heavy atom. The number of halogens is 1. The molecule has 6 heteroatoms. The number of aromatic nitrogens is 3. The molecule has 0 N–H and O–H groups in total. The van der Waals surface area contributed by atoms with E-state index in [1.165, 1.54) is 7.11 Å². The molecule has 0 fully saturated rings. The van der Waals surface area contributed by atoms with E-state index in [1.54, 1.807) is 0 Å². The molecule has 0 unspecified atom stereocenters. The third-order valence-corrected chi connectivity index (χ3v) is 1.04. The molecule has 0 amide bonds. The van der Waals surface area contributed by atoms with Gasteiger partial charge < -0.3 is 9.47 Å². The number of nitrogens with zero attached hydrogens (tertiary/aromatic N) is 3. The van der Waals surface area contributed by atoms with Crippen LogP contribution in [0.5, 0.6) is 6.01 Å².